The maximum Gasteiger partial charge on any atom is 0.165 e. The summed E-state index contributed by atoms with van der Waals surface area (Å²) in [5.74, 6) is 0.838. The number of fused-ring (bicyclic) bond motifs is 2. The molecule has 112 valence electrons. The van der Waals surface area contributed by atoms with Crippen molar-refractivity contribution in [3.63, 3.8) is 0 Å². The Bertz CT molecular complexity index is 868. The molecule has 0 spiro atoms. The van der Waals surface area contributed by atoms with Crippen LogP contribution in [-0.4, -0.2) is 21.7 Å². The van der Waals surface area contributed by atoms with Crippen LogP contribution in [-0.2, 0) is 12.8 Å². The molecule has 0 aliphatic heterocycles. The fourth-order valence-corrected chi connectivity index (χ4v) is 3.50. The van der Waals surface area contributed by atoms with Gasteiger partial charge in [0.2, 0.25) is 0 Å². The van der Waals surface area contributed by atoms with Crippen molar-refractivity contribution in [1.82, 2.24) is 14.6 Å². The zero-order chi connectivity index (χ0) is 15.3. The Morgan fingerprint density at radius 3 is 2.68 bits per heavy atom. The molecule has 0 amide bonds. The number of ether oxygens (including phenoxy) is 1. The lowest BCUT2D eigenvalue weighted by Gasteiger charge is -2.06. The Hall–Kier alpha value is -2.07. The number of aryl methyl sites for hydroxylation is 2. The lowest BCUT2D eigenvalue weighted by molar-refractivity contribution is 0.415. The second-order valence-corrected chi connectivity index (χ2v) is 5.96. The second kappa shape index (κ2) is 4.99. The number of halogens is 1. The van der Waals surface area contributed by atoms with E-state index >= 15 is 0 Å². The molecule has 1 aliphatic rings. The summed E-state index contributed by atoms with van der Waals surface area (Å²) in [5.41, 5.74) is 6.16. The molecule has 1 aliphatic carbocycles. The summed E-state index contributed by atoms with van der Waals surface area (Å²) in [5, 5.41) is 5.31. The molecule has 0 bridgehead atoms. The highest BCUT2D eigenvalue weighted by Gasteiger charge is 2.22. The van der Waals surface area contributed by atoms with E-state index in [1.165, 1.54) is 0 Å². The SMILES string of the molecule is COc1ccc(-c2c(C)nn3c(Cl)c4c(nc23)CCC4)cc1. The zero-order valence-corrected chi connectivity index (χ0v) is 13.3. The summed E-state index contributed by atoms with van der Waals surface area (Å²) in [6.07, 6.45) is 3.11. The lowest BCUT2D eigenvalue weighted by Crippen LogP contribution is -1.99. The lowest BCUT2D eigenvalue weighted by atomic mass is 10.1. The molecule has 4 nitrogen and oxygen atoms in total. The minimum absolute atomic E-state index is 0.709. The zero-order valence-electron chi connectivity index (χ0n) is 12.6. The van der Waals surface area contributed by atoms with E-state index in [4.69, 9.17) is 21.3 Å². The van der Waals surface area contributed by atoms with E-state index in [2.05, 4.69) is 5.10 Å². The Morgan fingerprint density at radius 2 is 1.95 bits per heavy atom. The van der Waals surface area contributed by atoms with E-state index in [0.29, 0.717) is 5.15 Å². The number of benzene rings is 1. The maximum absolute atomic E-state index is 6.55. The van der Waals surface area contributed by atoms with Gasteiger partial charge < -0.3 is 4.74 Å². The molecule has 2 aromatic heterocycles. The number of hydrogen-bond acceptors (Lipinski definition) is 3. The highest BCUT2D eigenvalue weighted by molar-refractivity contribution is 6.30. The highest BCUT2D eigenvalue weighted by Crippen LogP contribution is 2.34. The van der Waals surface area contributed by atoms with Crippen molar-refractivity contribution in [2.24, 2.45) is 0 Å². The average Bonchev–Trinajstić information content (AvgIpc) is 3.12. The maximum atomic E-state index is 6.55. The van der Waals surface area contributed by atoms with E-state index < -0.39 is 0 Å². The van der Waals surface area contributed by atoms with Crippen LogP contribution in [0.25, 0.3) is 16.8 Å². The van der Waals surface area contributed by atoms with Gasteiger partial charge >= 0.3 is 0 Å². The van der Waals surface area contributed by atoms with Crippen LogP contribution in [0.1, 0.15) is 23.4 Å². The van der Waals surface area contributed by atoms with Crippen molar-refractivity contribution in [2.75, 3.05) is 7.11 Å². The minimum Gasteiger partial charge on any atom is -0.497 e. The first-order valence-corrected chi connectivity index (χ1v) is 7.78. The number of nitrogens with zero attached hydrogens (tertiary/aromatic N) is 3. The molecule has 0 unspecified atom stereocenters. The summed E-state index contributed by atoms with van der Waals surface area (Å²) in [6, 6.07) is 7.97. The standard InChI is InChI=1S/C17H16ClN3O/c1-10-15(11-6-8-12(22-2)9-7-11)17-19-14-5-3-4-13(14)16(18)21(17)20-10/h6-9H,3-5H2,1-2H3. The molecule has 0 radical (unpaired) electrons. The molecule has 5 heteroatoms. The van der Waals surface area contributed by atoms with E-state index in [-0.39, 0.29) is 0 Å². The normalized spacial score (nSPS) is 13.6. The van der Waals surface area contributed by atoms with Gasteiger partial charge in [-0.05, 0) is 43.9 Å². The third-order valence-electron chi connectivity index (χ3n) is 4.28. The van der Waals surface area contributed by atoms with Crippen molar-refractivity contribution >= 4 is 17.2 Å². The van der Waals surface area contributed by atoms with Gasteiger partial charge in [-0.3, -0.25) is 0 Å². The average molecular weight is 314 g/mol. The molecule has 0 fully saturated rings. The molecule has 2 heterocycles. The van der Waals surface area contributed by atoms with Crippen LogP contribution >= 0.6 is 11.6 Å². The molecule has 0 saturated heterocycles. The molecule has 3 aromatic rings. The molecular weight excluding hydrogens is 298 g/mol. The molecule has 0 N–H and O–H groups in total. The monoisotopic (exact) mass is 313 g/mol. The van der Waals surface area contributed by atoms with Crippen molar-refractivity contribution < 1.29 is 4.74 Å². The Kier molecular flexibility index (Phi) is 3.08. The van der Waals surface area contributed by atoms with Crippen molar-refractivity contribution in [1.29, 1.82) is 0 Å². The van der Waals surface area contributed by atoms with Gasteiger partial charge in [-0.2, -0.15) is 5.10 Å². The third-order valence-corrected chi connectivity index (χ3v) is 4.67. The summed E-state index contributed by atoms with van der Waals surface area (Å²) in [7, 11) is 1.67. The van der Waals surface area contributed by atoms with Crippen LogP contribution in [0.5, 0.6) is 5.75 Å². The van der Waals surface area contributed by atoms with Gasteiger partial charge in [0.05, 0.1) is 12.8 Å². The van der Waals surface area contributed by atoms with Crippen LogP contribution in [0.2, 0.25) is 5.15 Å². The number of methoxy groups -OCH3 is 1. The van der Waals surface area contributed by atoms with Crippen LogP contribution < -0.4 is 4.74 Å². The Labute approximate surface area is 133 Å². The van der Waals surface area contributed by atoms with E-state index in [0.717, 1.165) is 58.7 Å². The number of aromatic nitrogens is 3. The van der Waals surface area contributed by atoms with E-state index in [1.54, 1.807) is 11.6 Å². The van der Waals surface area contributed by atoms with Crippen LogP contribution in [0.3, 0.4) is 0 Å². The van der Waals surface area contributed by atoms with Gasteiger partial charge in [-0.25, -0.2) is 9.50 Å². The van der Waals surface area contributed by atoms with E-state index in [9.17, 15) is 0 Å². The van der Waals surface area contributed by atoms with Gasteiger partial charge in [0.1, 0.15) is 10.9 Å². The molecule has 1 aromatic carbocycles. The largest absolute Gasteiger partial charge is 0.497 e. The van der Waals surface area contributed by atoms with Crippen LogP contribution in [0, 0.1) is 6.92 Å². The van der Waals surface area contributed by atoms with Gasteiger partial charge in [-0.1, -0.05) is 23.7 Å². The predicted molar refractivity (Wildman–Crippen MR) is 86.7 cm³/mol. The molecule has 22 heavy (non-hydrogen) atoms. The van der Waals surface area contributed by atoms with Gasteiger partial charge in [0.25, 0.3) is 0 Å². The number of hydrogen-bond donors (Lipinski definition) is 0. The minimum atomic E-state index is 0.709. The summed E-state index contributed by atoms with van der Waals surface area (Å²) < 4.78 is 7.00. The first-order chi connectivity index (χ1) is 10.7. The van der Waals surface area contributed by atoms with Gasteiger partial charge in [-0.15, -0.1) is 0 Å². The fourth-order valence-electron chi connectivity index (χ4n) is 3.18. The molecular formula is C17H16ClN3O. The van der Waals surface area contributed by atoms with Crippen LogP contribution in [0.15, 0.2) is 24.3 Å². The summed E-state index contributed by atoms with van der Waals surface area (Å²) >= 11 is 6.55. The summed E-state index contributed by atoms with van der Waals surface area (Å²) in [4.78, 5) is 4.84. The Morgan fingerprint density at radius 1 is 1.18 bits per heavy atom. The van der Waals surface area contributed by atoms with Gasteiger partial charge in [0, 0.05) is 16.8 Å². The molecule has 0 atom stereocenters. The van der Waals surface area contributed by atoms with E-state index in [1.807, 2.05) is 31.2 Å². The Balaban J connectivity index is 1.97. The smallest absolute Gasteiger partial charge is 0.165 e. The predicted octanol–water partition coefficient (Wildman–Crippen LogP) is 3.86. The highest BCUT2D eigenvalue weighted by atomic mass is 35.5. The molecule has 4 rings (SSSR count). The molecule has 0 saturated carbocycles. The fraction of sp³-hybridized carbons (Fsp3) is 0.294. The second-order valence-electron chi connectivity index (χ2n) is 5.61. The van der Waals surface area contributed by atoms with Crippen LogP contribution in [0.4, 0.5) is 0 Å². The first-order valence-electron chi connectivity index (χ1n) is 7.40. The van der Waals surface area contributed by atoms with Gasteiger partial charge in [0.15, 0.2) is 5.65 Å². The third kappa shape index (κ3) is 1.91. The first kappa shape index (κ1) is 13.6. The topological polar surface area (TPSA) is 39.4 Å². The van der Waals surface area contributed by atoms with Crippen molar-refractivity contribution in [3.8, 4) is 16.9 Å². The van der Waals surface area contributed by atoms with Crippen molar-refractivity contribution in [3.05, 3.63) is 46.4 Å². The summed E-state index contributed by atoms with van der Waals surface area (Å²) in [6.45, 7) is 2.00. The number of rotatable bonds is 2. The van der Waals surface area contributed by atoms with Crippen molar-refractivity contribution in [2.45, 2.75) is 26.2 Å². The quantitative estimate of drug-likeness (QED) is 0.674.